The summed E-state index contributed by atoms with van der Waals surface area (Å²) in [6.07, 6.45) is 5.63. The van der Waals surface area contributed by atoms with Crippen molar-refractivity contribution in [2.45, 2.75) is 64.6 Å². The van der Waals surface area contributed by atoms with E-state index in [1.165, 1.54) is 6.39 Å². The summed E-state index contributed by atoms with van der Waals surface area (Å²) in [4.78, 5) is 33.7. The quantitative estimate of drug-likeness (QED) is 0.716. The van der Waals surface area contributed by atoms with Gasteiger partial charge < -0.3 is 19.0 Å². The topological polar surface area (TPSA) is 75.9 Å². The van der Waals surface area contributed by atoms with Gasteiger partial charge in [0.2, 0.25) is 0 Å². The van der Waals surface area contributed by atoms with Gasteiger partial charge in [0.1, 0.15) is 5.60 Å². The highest BCUT2D eigenvalue weighted by atomic mass is 16.6. The van der Waals surface area contributed by atoms with E-state index >= 15 is 0 Å². The highest BCUT2D eigenvalue weighted by Crippen LogP contribution is 2.35. The van der Waals surface area contributed by atoms with Crippen molar-refractivity contribution in [1.82, 2.24) is 14.8 Å². The molecule has 1 aromatic carbocycles. The molecule has 1 aliphatic carbocycles. The van der Waals surface area contributed by atoms with Crippen molar-refractivity contribution in [3.05, 3.63) is 42.4 Å². The number of likely N-dealkylation sites (tertiary alicyclic amines) is 1. The number of ether oxygens (including phenoxy) is 1. The predicted molar refractivity (Wildman–Crippen MR) is 117 cm³/mol. The molecular weight excluding hydrogens is 394 g/mol. The van der Waals surface area contributed by atoms with Crippen molar-refractivity contribution in [2.24, 2.45) is 5.92 Å². The Morgan fingerprint density at radius 3 is 2.42 bits per heavy atom. The molecule has 0 spiro atoms. The molecule has 1 aromatic heterocycles. The molecule has 166 valence electrons. The molecule has 0 unspecified atom stereocenters. The van der Waals surface area contributed by atoms with Crippen molar-refractivity contribution < 1.29 is 18.7 Å². The monoisotopic (exact) mass is 425 g/mol. The molecule has 2 atom stereocenters. The molecule has 31 heavy (non-hydrogen) atoms. The number of amides is 2. The van der Waals surface area contributed by atoms with Crippen LogP contribution in [0.1, 0.15) is 57.3 Å². The summed E-state index contributed by atoms with van der Waals surface area (Å²) in [5.74, 6) is 0.926. The van der Waals surface area contributed by atoms with Crippen molar-refractivity contribution >= 4 is 12.0 Å². The van der Waals surface area contributed by atoms with Crippen LogP contribution in [-0.4, -0.2) is 57.6 Å². The van der Waals surface area contributed by atoms with E-state index in [1.807, 2.05) is 45.0 Å². The normalized spacial score (nSPS) is 21.6. The van der Waals surface area contributed by atoms with E-state index in [1.54, 1.807) is 11.1 Å². The lowest BCUT2D eigenvalue weighted by Crippen LogP contribution is -2.54. The van der Waals surface area contributed by atoms with Crippen molar-refractivity contribution in [1.29, 1.82) is 0 Å². The first-order valence-electron chi connectivity index (χ1n) is 11.0. The van der Waals surface area contributed by atoms with Crippen LogP contribution in [0.5, 0.6) is 0 Å². The zero-order valence-electron chi connectivity index (χ0n) is 18.7. The van der Waals surface area contributed by atoms with Gasteiger partial charge in [0.05, 0.1) is 6.20 Å². The van der Waals surface area contributed by atoms with E-state index in [0.29, 0.717) is 30.5 Å². The van der Waals surface area contributed by atoms with Gasteiger partial charge in [-0.2, -0.15) is 0 Å². The standard InChI is InChI=1S/C24H31N3O4/c1-16-14-26(23(29)31-24(2,3)4)12-11-20(16)27(19-9-10-19)22(28)18-7-5-17(6-8-18)21-13-25-15-30-21/h5-8,13,15-16,19-20H,9-12,14H2,1-4H3/t16-,20+/m1/s1. The van der Waals surface area contributed by atoms with E-state index < -0.39 is 5.60 Å². The molecule has 2 fully saturated rings. The molecule has 0 bridgehead atoms. The molecular formula is C24H31N3O4. The Balaban J connectivity index is 1.45. The second kappa shape index (κ2) is 8.36. The van der Waals surface area contributed by atoms with Crippen LogP contribution in [0.25, 0.3) is 11.3 Å². The summed E-state index contributed by atoms with van der Waals surface area (Å²) in [7, 11) is 0. The van der Waals surface area contributed by atoms with Crippen LogP contribution in [0.4, 0.5) is 4.79 Å². The number of carbonyl (C=O) groups excluding carboxylic acids is 2. The van der Waals surface area contributed by atoms with Gasteiger partial charge >= 0.3 is 6.09 Å². The number of hydrogen-bond donors (Lipinski definition) is 0. The third-order valence-corrected chi connectivity index (χ3v) is 5.89. The zero-order valence-corrected chi connectivity index (χ0v) is 18.7. The van der Waals surface area contributed by atoms with Crippen molar-refractivity contribution in [3.8, 4) is 11.3 Å². The average Bonchev–Trinajstić information content (AvgIpc) is 3.39. The second-order valence-corrected chi connectivity index (χ2v) is 9.65. The Kier molecular flexibility index (Phi) is 5.77. The lowest BCUT2D eigenvalue weighted by molar-refractivity contribution is 0.00425. The van der Waals surface area contributed by atoms with Crippen LogP contribution < -0.4 is 0 Å². The fraction of sp³-hybridized carbons (Fsp3) is 0.542. The Morgan fingerprint density at radius 1 is 1.16 bits per heavy atom. The average molecular weight is 426 g/mol. The van der Waals surface area contributed by atoms with Gasteiger partial charge in [0.25, 0.3) is 5.91 Å². The highest BCUT2D eigenvalue weighted by Gasteiger charge is 2.42. The molecule has 1 saturated heterocycles. The molecule has 1 aliphatic heterocycles. The molecule has 7 nitrogen and oxygen atoms in total. The molecule has 0 radical (unpaired) electrons. The van der Waals surface area contributed by atoms with Crippen LogP contribution in [0.15, 0.2) is 41.3 Å². The number of rotatable bonds is 4. The number of carbonyl (C=O) groups is 2. The number of hydrogen-bond acceptors (Lipinski definition) is 5. The Morgan fingerprint density at radius 2 is 1.87 bits per heavy atom. The number of oxazole rings is 1. The number of aromatic nitrogens is 1. The van der Waals surface area contributed by atoms with E-state index in [-0.39, 0.29) is 24.0 Å². The number of piperidine rings is 1. The summed E-state index contributed by atoms with van der Waals surface area (Å²) in [6.45, 7) is 8.95. The lowest BCUT2D eigenvalue weighted by Gasteiger charge is -2.43. The van der Waals surface area contributed by atoms with Crippen LogP contribution >= 0.6 is 0 Å². The maximum Gasteiger partial charge on any atom is 0.410 e. The Labute approximate surface area is 183 Å². The van der Waals surface area contributed by atoms with Gasteiger partial charge in [-0.1, -0.05) is 19.1 Å². The van der Waals surface area contributed by atoms with Crippen LogP contribution in [0, 0.1) is 5.92 Å². The first-order chi connectivity index (χ1) is 14.7. The maximum absolute atomic E-state index is 13.5. The van der Waals surface area contributed by atoms with Crippen molar-refractivity contribution in [3.63, 3.8) is 0 Å². The van der Waals surface area contributed by atoms with Gasteiger partial charge in [-0.3, -0.25) is 4.79 Å². The van der Waals surface area contributed by atoms with E-state index in [4.69, 9.17) is 9.15 Å². The van der Waals surface area contributed by atoms with Gasteiger partial charge in [0.15, 0.2) is 12.2 Å². The van der Waals surface area contributed by atoms with Gasteiger partial charge in [0, 0.05) is 36.3 Å². The van der Waals surface area contributed by atoms with E-state index in [9.17, 15) is 9.59 Å². The van der Waals surface area contributed by atoms with E-state index in [2.05, 4.69) is 16.8 Å². The van der Waals surface area contributed by atoms with Gasteiger partial charge in [-0.15, -0.1) is 0 Å². The van der Waals surface area contributed by atoms with Gasteiger partial charge in [-0.05, 0) is 58.1 Å². The highest BCUT2D eigenvalue weighted by molar-refractivity contribution is 5.95. The minimum absolute atomic E-state index is 0.0641. The minimum atomic E-state index is -0.509. The summed E-state index contributed by atoms with van der Waals surface area (Å²) in [5.41, 5.74) is 1.06. The van der Waals surface area contributed by atoms with E-state index in [0.717, 1.165) is 24.8 Å². The predicted octanol–water partition coefficient (Wildman–Crippen LogP) is 4.59. The fourth-order valence-corrected chi connectivity index (χ4v) is 4.26. The first-order valence-corrected chi connectivity index (χ1v) is 11.0. The fourth-order valence-electron chi connectivity index (χ4n) is 4.26. The molecule has 2 heterocycles. The third kappa shape index (κ3) is 4.92. The SMILES string of the molecule is C[C@@H]1CN(C(=O)OC(C)(C)C)CC[C@@H]1N(C(=O)c1ccc(-c2cnco2)cc1)C1CC1. The van der Waals surface area contributed by atoms with Gasteiger partial charge in [-0.25, -0.2) is 9.78 Å². The molecule has 4 rings (SSSR count). The number of benzene rings is 1. The minimum Gasteiger partial charge on any atom is -0.444 e. The summed E-state index contributed by atoms with van der Waals surface area (Å²) in [5, 5.41) is 0. The molecule has 7 heteroatoms. The summed E-state index contributed by atoms with van der Waals surface area (Å²) in [6, 6.07) is 7.92. The molecule has 2 aliphatic rings. The third-order valence-electron chi connectivity index (χ3n) is 5.89. The molecule has 2 amide bonds. The zero-order chi connectivity index (χ0) is 22.2. The second-order valence-electron chi connectivity index (χ2n) is 9.65. The Hall–Kier alpha value is -2.83. The molecule has 2 aromatic rings. The largest absolute Gasteiger partial charge is 0.444 e. The first kappa shape index (κ1) is 21.4. The van der Waals surface area contributed by atoms with Crippen molar-refractivity contribution in [2.75, 3.05) is 13.1 Å². The Bertz CT molecular complexity index is 913. The van der Waals surface area contributed by atoms with Crippen LogP contribution in [-0.2, 0) is 4.74 Å². The molecule has 1 saturated carbocycles. The lowest BCUT2D eigenvalue weighted by atomic mass is 9.91. The molecule has 0 N–H and O–H groups in total. The van der Waals surface area contributed by atoms with Crippen LogP contribution in [0.2, 0.25) is 0 Å². The maximum atomic E-state index is 13.5. The smallest absolute Gasteiger partial charge is 0.410 e. The number of nitrogens with zero attached hydrogens (tertiary/aromatic N) is 3. The summed E-state index contributed by atoms with van der Waals surface area (Å²) < 4.78 is 10.9. The van der Waals surface area contributed by atoms with Crippen LogP contribution in [0.3, 0.4) is 0 Å². The summed E-state index contributed by atoms with van der Waals surface area (Å²) >= 11 is 0.